The molecule has 1 rings (SSSR count). The van der Waals surface area contributed by atoms with Gasteiger partial charge in [0, 0.05) is 12.1 Å². The number of amides is 1. The lowest BCUT2D eigenvalue weighted by molar-refractivity contribution is 0.0523. The van der Waals surface area contributed by atoms with Crippen LogP contribution in [-0.4, -0.2) is 16.8 Å². The first-order valence-corrected chi connectivity index (χ1v) is 5.60. The number of rotatable bonds is 2. The highest BCUT2D eigenvalue weighted by atomic mass is 35.5. The van der Waals surface area contributed by atoms with Gasteiger partial charge in [0.05, 0.1) is 5.02 Å². The number of para-hydroxylation sites is 1. The average Bonchev–Trinajstić information content (AvgIpc) is 2.18. The molecule has 0 aliphatic heterocycles. The molecule has 0 saturated heterocycles. The summed E-state index contributed by atoms with van der Waals surface area (Å²) in [5, 5.41) is 12.4. The maximum atomic E-state index is 11.4. The Hall–Kier alpha value is -1.42. The number of phenolic OH excluding ortho intramolecular Hbond substituents is 1. The van der Waals surface area contributed by atoms with Crippen molar-refractivity contribution in [2.75, 3.05) is 0 Å². The predicted molar refractivity (Wildman–Crippen MR) is 66.2 cm³/mol. The summed E-state index contributed by atoms with van der Waals surface area (Å²) in [7, 11) is 0. The lowest BCUT2D eigenvalue weighted by Gasteiger charge is -2.19. The molecule has 0 aliphatic carbocycles. The highest BCUT2D eigenvalue weighted by Gasteiger charge is 2.16. The molecule has 5 heteroatoms. The monoisotopic (exact) mass is 257 g/mol. The quantitative estimate of drug-likeness (QED) is 0.856. The van der Waals surface area contributed by atoms with E-state index < -0.39 is 11.7 Å². The van der Waals surface area contributed by atoms with Crippen LogP contribution in [0.3, 0.4) is 0 Å². The third-order valence-electron chi connectivity index (χ3n) is 1.89. The summed E-state index contributed by atoms with van der Waals surface area (Å²) in [6, 6.07) is 4.96. The zero-order valence-electron chi connectivity index (χ0n) is 10.1. The summed E-state index contributed by atoms with van der Waals surface area (Å²) in [5.41, 5.74) is 0.00357. The number of carbonyl (C=O) groups excluding carboxylic acids is 1. The number of aromatic hydroxyl groups is 1. The molecule has 0 radical (unpaired) electrons. The van der Waals surface area contributed by atoms with Crippen molar-refractivity contribution in [3.63, 3.8) is 0 Å². The van der Waals surface area contributed by atoms with Crippen LogP contribution < -0.4 is 5.32 Å². The second-order valence-corrected chi connectivity index (χ2v) is 5.01. The van der Waals surface area contributed by atoms with Crippen LogP contribution >= 0.6 is 11.6 Å². The van der Waals surface area contributed by atoms with Crippen molar-refractivity contribution in [2.45, 2.75) is 32.9 Å². The van der Waals surface area contributed by atoms with Crippen molar-refractivity contribution in [1.82, 2.24) is 5.32 Å². The van der Waals surface area contributed by atoms with Crippen LogP contribution in [0.2, 0.25) is 5.02 Å². The maximum absolute atomic E-state index is 11.4. The van der Waals surface area contributed by atoms with E-state index in [1.165, 1.54) is 0 Å². The fourth-order valence-electron chi connectivity index (χ4n) is 1.18. The molecule has 0 heterocycles. The summed E-state index contributed by atoms with van der Waals surface area (Å²) < 4.78 is 5.06. The van der Waals surface area contributed by atoms with Gasteiger partial charge in [-0.2, -0.15) is 0 Å². The van der Waals surface area contributed by atoms with Crippen LogP contribution in [0.4, 0.5) is 4.79 Å². The molecule has 4 nitrogen and oxygen atoms in total. The van der Waals surface area contributed by atoms with Crippen LogP contribution in [0.5, 0.6) is 5.75 Å². The zero-order chi connectivity index (χ0) is 13.1. The van der Waals surface area contributed by atoms with Crippen LogP contribution in [0.25, 0.3) is 0 Å². The van der Waals surface area contributed by atoms with Crippen LogP contribution in [0.15, 0.2) is 18.2 Å². The Balaban J connectivity index is 2.56. The normalized spacial score (nSPS) is 11.1. The number of nitrogens with one attached hydrogen (secondary N) is 1. The molecule has 0 aromatic heterocycles. The van der Waals surface area contributed by atoms with Gasteiger partial charge < -0.3 is 15.2 Å². The van der Waals surface area contributed by atoms with Gasteiger partial charge >= 0.3 is 6.09 Å². The third kappa shape index (κ3) is 4.53. The Morgan fingerprint density at radius 3 is 2.71 bits per heavy atom. The van der Waals surface area contributed by atoms with Crippen molar-refractivity contribution in [2.24, 2.45) is 0 Å². The molecule has 1 amide bonds. The van der Waals surface area contributed by atoms with E-state index >= 15 is 0 Å². The maximum Gasteiger partial charge on any atom is 0.407 e. The van der Waals surface area contributed by atoms with Gasteiger partial charge in [0.25, 0.3) is 0 Å². The Labute approximate surface area is 106 Å². The third-order valence-corrected chi connectivity index (χ3v) is 2.20. The van der Waals surface area contributed by atoms with E-state index in [0.717, 1.165) is 0 Å². The number of benzene rings is 1. The van der Waals surface area contributed by atoms with Gasteiger partial charge in [0.1, 0.15) is 11.4 Å². The van der Waals surface area contributed by atoms with Crippen molar-refractivity contribution >= 4 is 17.7 Å². The van der Waals surface area contributed by atoms with Crippen LogP contribution in [0.1, 0.15) is 26.3 Å². The molecule has 0 fully saturated rings. The molecule has 2 N–H and O–H groups in total. The number of carbonyl (C=O) groups is 1. The van der Waals surface area contributed by atoms with E-state index in [1.54, 1.807) is 39.0 Å². The van der Waals surface area contributed by atoms with Gasteiger partial charge in [0.2, 0.25) is 0 Å². The minimum Gasteiger partial charge on any atom is -0.506 e. The Bertz CT molecular complexity index is 413. The standard InChI is InChI=1S/C12H16ClNO3/c1-12(2,3)17-11(16)14-7-8-5-4-6-9(13)10(8)15/h4-6,15H,7H2,1-3H3,(H,14,16). The van der Waals surface area contributed by atoms with Crippen LogP contribution in [0, 0.1) is 0 Å². The number of ether oxygens (including phenoxy) is 1. The predicted octanol–water partition coefficient (Wildman–Crippen LogP) is 3.07. The Morgan fingerprint density at radius 1 is 1.47 bits per heavy atom. The summed E-state index contributed by atoms with van der Waals surface area (Å²) >= 11 is 5.74. The SMILES string of the molecule is CC(C)(C)OC(=O)NCc1cccc(Cl)c1O. The van der Waals surface area contributed by atoms with Crippen molar-refractivity contribution < 1.29 is 14.6 Å². The topological polar surface area (TPSA) is 58.6 Å². The molecule has 0 bridgehead atoms. The average molecular weight is 258 g/mol. The van der Waals surface area contributed by atoms with Crippen molar-refractivity contribution in [3.8, 4) is 5.75 Å². The molecule has 0 spiro atoms. The smallest absolute Gasteiger partial charge is 0.407 e. The lowest BCUT2D eigenvalue weighted by atomic mass is 10.2. The number of alkyl carbamates (subject to hydrolysis) is 1. The van der Waals surface area contributed by atoms with E-state index in [1.807, 2.05) is 0 Å². The number of phenols is 1. The van der Waals surface area contributed by atoms with Gasteiger partial charge in [-0.3, -0.25) is 0 Å². The van der Waals surface area contributed by atoms with E-state index in [4.69, 9.17) is 16.3 Å². The molecule has 94 valence electrons. The van der Waals surface area contributed by atoms with E-state index in [0.29, 0.717) is 5.56 Å². The van der Waals surface area contributed by atoms with E-state index in [2.05, 4.69) is 5.32 Å². The molecule has 0 saturated carbocycles. The molecular weight excluding hydrogens is 242 g/mol. The van der Waals surface area contributed by atoms with Crippen LogP contribution in [-0.2, 0) is 11.3 Å². The molecular formula is C12H16ClNO3. The Morgan fingerprint density at radius 2 is 2.12 bits per heavy atom. The first-order valence-electron chi connectivity index (χ1n) is 5.23. The highest BCUT2D eigenvalue weighted by Crippen LogP contribution is 2.26. The number of halogens is 1. The van der Waals surface area contributed by atoms with Gasteiger partial charge in [-0.15, -0.1) is 0 Å². The van der Waals surface area contributed by atoms with E-state index in [-0.39, 0.29) is 17.3 Å². The summed E-state index contributed by atoms with van der Waals surface area (Å²) in [4.78, 5) is 11.4. The second kappa shape index (κ2) is 5.27. The van der Waals surface area contributed by atoms with E-state index in [9.17, 15) is 9.90 Å². The Kier molecular flexibility index (Phi) is 4.23. The zero-order valence-corrected chi connectivity index (χ0v) is 10.8. The van der Waals surface area contributed by atoms with Gasteiger partial charge in [-0.25, -0.2) is 4.79 Å². The molecule has 1 aromatic rings. The summed E-state index contributed by atoms with van der Waals surface area (Å²) in [5.74, 6) is -0.0229. The molecule has 0 aliphatic rings. The van der Waals surface area contributed by atoms with Crippen molar-refractivity contribution in [3.05, 3.63) is 28.8 Å². The van der Waals surface area contributed by atoms with Gasteiger partial charge in [-0.05, 0) is 26.8 Å². The lowest BCUT2D eigenvalue weighted by Crippen LogP contribution is -2.32. The van der Waals surface area contributed by atoms with Gasteiger partial charge in [-0.1, -0.05) is 23.7 Å². The second-order valence-electron chi connectivity index (χ2n) is 4.60. The minimum absolute atomic E-state index is 0.0229. The first-order chi connectivity index (χ1) is 7.79. The fourth-order valence-corrected chi connectivity index (χ4v) is 1.38. The fraction of sp³-hybridized carbons (Fsp3) is 0.417. The summed E-state index contributed by atoms with van der Waals surface area (Å²) in [6.07, 6.45) is -0.531. The number of hydrogen-bond donors (Lipinski definition) is 2. The largest absolute Gasteiger partial charge is 0.506 e. The number of hydrogen-bond acceptors (Lipinski definition) is 3. The first kappa shape index (κ1) is 13.6. The molecule has 1 aromatic carbocycles. The highest BCUT2D eigenvalue weighted by molar-refractivity contribution is 6.32. The molecule has 0 unspecified atom stereocenters. The van der Waals surface area contributed by atoms with Gasteiger partial charge in [0.15, 0.2) is 0 Å². The van der Waals surface area contributed by atoms with Crippen molar-refractivity contribution in [1.29, 1.82) is 0 Å². The molecule has 0 atom stereocenters. The minimum atomic E-state index is -0.541. The molecule has 17 heavy (non-hydrogen) atoms. The summed E-state index contributed by atoms with van der Waals surface area (Å²) in [6.45, 7) is 5.51.